The summed E-state index contributed by atoms with van der Waals surface area (Å²) in [5.74, 6) is -1.49. The van der Waals surface area contributed by atoms with Gasteiger partial charge in [-0.1, -0.05) is 0 Å². The van der Waals surface area contributed by atoms with Crippen LogP contribution in [0.4, 0.5) is 13.2 Å². The fraction of sp³-hybridized carbons (Fsp3) is 0.889. The first-order chi connectivity index (χ1) is 6.32. The molecule has 1 fully saturated rings. The number of piperidine rings is 1. The van der Waals surface area contributed by atoms with Crippen LogP contribution in [0.1, 0.15) is 19.8 Å². The second-order valence-electron chi connectivity index (χ2n) is 3.87. The number of nitrogens with zero attached hydrogens (tertiary/aromatic N) is 1. The molecule has 14 heavy (non-hydrogen) atoms. The largest absolute Gasteiger partial charge is 0.391 e. The van der Waals surface area contributed by atoms with Crippen LogP contribution in [0.15, 0.2) is 0 Å². The molecule has 0 amide bonds. The van der Waals surface area contributed by atoms with Crippen molar-refractivity contribution in [2.75, 3.05) is 13.6 Å². The minimum atomic E-state index is -4.16. The van der Waals surface area contributed by atoms with Crippen molar-refractivity contribution in [3.63, 3.8) is 0 Å². The minimum absolute atomic E-state index is 0.0880. The molecule has 0 aromatic rings. The van der Waals surface area contributed by atoms with E-state index in [1.807, 2.05) is 0 Å². The standard InChI is InChI=1S/C9H14F3NO/c1-6(14)8-5-7(9(10,11)12)3-4-13(8)2/h7-8H,3-5H2,1-2H3/t7-,8+/m1/s1. The molecule has 1 saturated heterocycles. The van der Waals surface area contributed by atoms with Crippen LogP contribution < -0.4 is 0 Å². The van der Waals surface area contributed by atoms with Crippen LogP contribution in [0.5, 0.6) is 0 Å². The zero-order valence-corrected chi connectivity index (χ0v) is 8.27. The van der Waals surface area contributed by atoms with Gasteiger partial charge >= 0.3 is 6.18 Å². The van der Waals surface area contributed by atoms with Gasteiger partial charge in [-0.2, -0.15) is 13.2 Å². The van der Waals surface area contributed by atoms with Crippen molar-refractivity contribution < 1.29 is 18.0 Å². The molecule has 0 aromatic carbocycles. The highest BCUT2D eigenvalue weighted by Crippen LogP contribution is 2.36. The van der Waals surface area contributed by atoms with Gasteiger partial charge in [-0.05, 0) is 33.4 Å². The zero-order valence-electron chi connectivity index (χ0n) is 8.27. The fourth-order valence-electron chi connectivity index (χ4n) is 1.86. The first-order valence-corrected chi connectivity index (χ1v) is 4.59. The molecule has 82 valence electrons. The third kappa shape index (κ3) is 2.47. The highest BCUT2D eigenvalue weighted by Gasteiger charge is 2.44. The third-order valence-electron chi connectivity index (χ3n) is 2.80. The lowest BCUT2D eigenvalue weighted by Crippen LogP contribution is -2.47. The Morgan fingerprint density at radius 1 is 1.43 bits per heavy atom. The van der Waals surface area contributed by atoms with E-state index in [4.69, 9.17) is 0 Å². The van der Waals surface area contributed by atoms with E-state index in [0.717, 1.165) is 0 Å². The number of rotatable bonds is 1. The van der Waals surface area contributed by atoms with Crippen LogP contribution in [0.2, 0.25) is 0 Å². The lowest BCUT2D eigenvalue weighted by molar-refractivity contribution is -0.189. The average molecular weight is 209 g/mol. The maximum Gasteiger partial charge on any atom is 0.391 e. The number of hydrogen-bond acceptors (Lipinski definition) is 2. The smallest absolute Gasteiger partial charge is 0.298 e. The average Bonchev–Trinajstić information content (AvgIpc) is 2.02. The van der Waals surface area contributed by atoms with E-state index < -0.39 is 18.1 Å². The molecule has 2 nitrogen and oxygen atoms in total. The highest BCUT2D eigenvalue weighted by molar-refractivity contribution is 5.81. The number of carbonyl (C=O) groups excluding carboxylic acids is 1. The van der Waals surface area contributed by atoms with E-state index in [0.29, 0.717) is 6.54 Å². The number of alkyl halides is 3. The minimum Gasteiger partial charge on any atom is -0.298 e. The van der Waals surface area contributed by atoms with E-state index >= 15 is 0 Å². The number of ketones is 1. The van der Waals surface area contributed by atoms with Crippen LogP contribution in [0, 0.1) is 5.92 Å². The Morgan fingerprint density at radius 2 is 2.00 bits per heavy atom. The Bertz CT molecular complexity index is 227. The summed E-state index contributed by atoms with van der Waals surface area (Å²) in [5, 5.41) is 0. The summed E-state index contributed by atoms with van der Waals surface area (Å²) in [5.41, 5.74) is 0. The van der Waals surface area contributed by atoms with Crippen molar-refractivity contribution in [2.24, 2.45) is 5.92 Å². The molecule has 2 atom stereocenters. The van der Waals surface area contributed by atoms with E-state index in [1.54, 1.807) is 11.9 Å². The summed E-state index contributed by atoms with van der Waals surface area (Å²) in [6.07, 6.45) is -4.14. The number of likely N-dealkylation sites (tertiary alicyclic amines) is 1. The molecular formula is C9H14F3NO. The number of likely N-dealkylation sites (N-methyl/N-ethyl adjacent to an activating group) is 1. The lowest BCUT2D eigenvalue weighted by atomic mass is 9.89. The van der Waals surface area contributed by atoms with Gasteiger partial charge in [-0.3, -0.25) is 9.69 Å². The van der Waals surface area contributed by atoms with Crippen LogP contribution in [-0.4, -0.2) is 36.5 Å². The van der Waals surface area contributed by atoms with Gasteiger partial charge in [0.25, 0.3) is 0 Å². The van der Waals surface area contributed by atoms with Gasteiger partial charge in [0.05, 0.1) is 12.0 Å². The number of halogens is 3. The first-order valence-electron chi connectivity index (χ1n) is 4.59. The molecule has 1 heterocycles. The molecule has 0 saturated carbocycles. The highest BCUT2D eigenvalue weighted by atomic mass is 19.4. The topological polar surface area (TPSA) is 20.3 Å². The van der Waals surface area contributed by atoms with Crippen LogP contribution >= 0.6 is 0 Å². The Balaban J connectivity index is 2.67. The number of carbonyl (C=O) groups is 1. The van der Waals surface area contributed by atoms with Gasteiger partial charge in [0.15, 0.2) is 0 Å². The van der Waals surface area contributed by atoms with E-state index in [1.165, 1.54) is 6.92 Å². The molecule has 0 radical (unpaired) electrons. The summed E-state index contributed by atoms with van der Waals surface area (Å²) in [7, 11) is 1.69. The Labute approximate surface area is 81.1 Å². The summed E-state index contributed by atoms with van der Waals surface area (Å²) in [6.45, 7) is 1.69. The SMILES string of the molecule is CC(=O)[C@@H]1C[C@H](C(F)(F)F)CCN1C. The van der Waals surface area contributed by atoms with Crippen LogP contribution in [0.25, 0.3) is 0 Å². The monoisotopic (exact) mass is 209 g/mol. The molecule has 1 rings (SSSR count). The van der Waals surface area contributed by atoms with Gasteiger partial charge in [0.2, 0.25) is 0 Å². The molecular weight excluding hydrogens is 195 g/mol. The molecule has 0 N–H and O–H groups in total. The number of Topliss-reactive ketones (excluding diaryl/α,β-unsaturated/α-hetero) is 1. The predicted molar refractivity (Wildman–Crippen MR) is 45.9 cm³/mol. The summed E-state index contributed by atoms with van der Waals surface area (Å²) < 4.78 is 37.1. The first kappa shape index (κ1) is 11.5. The molecule has 0 aliphatic carbocycles. The van der Waals surface area contributed by atoms with Crippen molar-refractivity contribution >= 4 is 5.78 Å². The summed E-state index contributed by atoms with van der Waals surface area (Å²) in [4.78, 5) is 12.8. The molecule has 5 heteroatoms. The Kier molecular flexibility index (Phi) is 3.19. The normalized spacial score (nSPS) is 30.4. The van der Waals surface area contributed by atoms with E-state index in [2.05, 4.69) is 0 Å². The second-order valence-corrected chi connectivity index (χ2v) is 3.87. The van der Waals surface area contributed by atoms with E-state index in [9.17, 15) is 18.0 Å². The third-order valence-corrected chi connectivity index (χ3v) is 2.80. The quantitative estimate of drug-likeness (QED) is 0.656. The van der Waals surface area contributed by atoms with Crippen molar-refractivity contribution in [2.45, 2.75) is 32.0 Å². The molecule has 0 unspecified atom stereocenters. The number of hydrogen-bond donors (Lipinski definition) is 0. The summed E-state index contributed by atoms with van der Waals surface area (Å²) in [6, 6.07) is -0.560. The van der Waals surface area contributed by atoms with Gasteiger partial charge in [0, 0.05) is 0 Å². The molecule has 1 aliphatic heterocycles. The van der Waals surface area contributed by atoms with Crippen LogP contribution in [-0.2, 0) is 4.79 Å². The molecule has 0 bridgehead atoms. The van der Waals surface area contributed by atoms with Crippen LogP contribution in [0.3, 0.4) is 0 Å². The molecule has 1 aliphatic rings. The lowest BCUT2D eigenvalue weighted by Gasteiger charge is -2.36. The Hall–Kier alpha value is -0.580. The zero-order chi connectivity index (χ0) is 10.9. The molecule has 0 aromatic heterocycles. The second kappa shape index (κ2) is 3.88. The summed E-state index contributed by atoms with van der Waals surface area (Å²) >= 11 is 0. The maximum absolute atomic E-state index is 12.4. The van der Waals surface area contributed by atoms with E-state index in [-0.39, 0.29) is 18.6 Å². The van der Waals surface area contributed by atoms with Gasteiger partial charge in [-0.25, -0.2) is 0 Å². The fourth-order valence-corrected chi connectivity index (χ4v) is 1.86. The molecule has 0 spiro atoms. The van der Waals surface area contributed by atoms with Crippen molar-refractivity contribution in [1.29, 1.82) is 0 Å². The predicted octanol–water partition coefficient (Wildman–Crippen LogP) is 1.85. The van der Waals surface area contributed by atoms with Gasteiger partial charge in [0.1, 0.15) is 5.78 Å². The van der Waals surface area contributed by atoms with Gasteiger partial charge < -0.3 is 0 Å². The van der Waals surface area contributed by atoms with Crippen molar-refractivity contribution in [3.8, 4) is 0 Å². The van der Waals surface area contributed by atoms with Crippen molar-refractivity contribution in [3.05, 3.63) is 0 Å². The maximum atomic E-state index is 12.4. The van der Waals surface area contributed by atoms with Crippen molar-refractivity contribution in [1.82, 2.24) is 4.90 Å². The Morgan fingerprint density at radius 3 is 2.43 bits per heavy atom. The van der Waals surface area contributed by atoms with Gasteiger partial charge in [-0.15, -0.1) is 0 Å².